The van der Waals surface area contributed by atoms with E-state index in [1.54, 1.807) is 51.5 Å². The Morgan fingerprint density at radius 2 is 1.74 bits per heavy atom. The summed E-state index contributed by atoms with van der Waals surface area (Å²) in [7, 11) is 3.09. The van der Waals surface area contributed by atoms with Gasteiger partial charge < -0.3 is 18.9 Å². The molecule has 50 heavy (non-hydrogen) atoms. The number of methoxy groups -OCH3 is 2. The summed E-state index contributed by atoms with van der Waals surface area (Å²) in [5.41, 5.74) is 3.72. The summed E-state index contributed by atoms with van der Waals surface area (Å²) in [6.45, 7) is 2.13. The molecule has 0 unspecified atom stereocenters. The number of aromatic nitrogens is 1. The van der Waals surface area contributed by atoms with E-state index in [-0.39, 0.29) is 24.3 Å². The Balaban J connectivity index is 1.51. The van der Waals surface area contributed by atoms with Crippen molar-refractivity contribution in [3.8, 4) is 23.3 Å². The van der Waals surface area contributed by atoms with E-state index in [1.165, 1.54) is 15.9 Å². The summed E-state index contributed by atoms with van der Waals surface area (Å²) in [6.07, 6.45) is 1.76. The molecule has 1 atom stereocenters. The minimum absolute atomic E-state index is 0.140. The van der Waals surface area contributed by atoms with E-state index in [2.05, 4.69) is 37.9 Å². The number of fused-ring (bicyclic) bond motifs is 1. The SMILES string of the molecule is CCOC(=O)C1=C(c2ccccc2)N=c2s/c(=C\c3cc(Br)c(OCc4ccc(C#N)cc4)c(OC)c3)c(=O)n2[C@@H]1c1cc(Br)ccc1OC. The first-order valence-corrected chi connectivity index (χ1v) is 17.8. The van der Waals surface area contributed by atoms with E-state index in [9.17, 15) is 9.59 Å². The summed E-state index contributed by atoms with van der Waals surface area (Å²) < 4.78 is 26.4. The van der Waals surface area contributed by atoms with Crippen molar-refractivity contribution in [1.82, 2.24) is 4.57 Å². The lowest BCUT2D eigenvalue weighted by atomic mass is 9.92. The number of ether oxygens (including phenoxy) is 4. The number of thiazole rings is 1. The van der Waals surface area contributed by atoms with Crippen LogP contribution in [0.3, 0.4) is 0 Å². The molecule has 252 valence electrons. The molecular weight excluding hydrogens is 786 g/mol. The van der Waals surface area contributed by atoms with Crippen LogP contribution in [0.4, 0.5) is 0 Å². The number of hydrogen-bond donors (Lipinski definition) is 0. The molecule has 2 heterocycles. The third-order valence-electron chi connectivity index (χ3n) is 7.88. The molecule has 1 aliphatic rings. The number of carbonyl (C=O) groups excluding carboxylic acids is 1. The van der Waals surface area contributed by atoms with Crippen LogP contribution in [-0.2, 0) is 16.1 Å². The van der Waals surface area contributed by atoms with Gasteiger partial charge in [0.1, 0.15) is 18.4 Å². The topological polar surface area (TPSA) is 112 Å². The highest BCUT2D eigenvalue weighted by atomic mass is 79.9. The lowest BCUT2D eigenvalue weighted by Crippen LogP contribution is -2.40. The van der Waals surface area contributed by atoms with Gasteiger partial charge in [-0.2, -0.15) is 5.26 Å². The molecule has 0 saturated carbocycles. The van der Waals surface area contributed by atoms with Gasteiger partial charge in [-0.05, 0) is 82.5 Å². The van der Waals surface area contributed by atoms with Crippen molar-refractivity contribution in [1.29, 1.82) is 5.26 Å². The number of esters is 1. The molecule has 5 aromatic rings. The van der Waals surface area contributed by atoms with Crippen molar-refractivity contribution in [2.45, 2.75) is 19.6 Å². The maximum absolute atomic E-state index is 14.4. The Morgan fingerprint density at radius 1 is 1.00 bits per heavy atom. The molecule has 0 saturated heterocycles. The molecule has 9 nitrogen and oxygen atoms in total. The Morgan fingerprint density at radius 3 is 2.42 bits per heavy atom. The fraction of sp³-hybridized carbons (Fsp3) is 0.158. The van der Waals surface area contributed by atoms with Crippen LogP contribution in [-0.4, -0.2) is 31.4 Å². The van der Waals surface area contributed by atoms with Crippen LogP contribution >= 0.6 is 43.2 Å². The van der Waals surface area contributed by atoms with Gasteiger partial charge >= 0.3 is 5.97 Å². The zero-order chi connectivity index (χ0) is 35.4. The second kappa shape index (κ2) is 15.3. The number of carbonyl (C=O) groups is 1. The van der Waals surface area contributed by atoms with Crippen LogP contribution in [0.1, 0.15) is 40.8 Å². The van der Waals surface area contributed by atoms with Gasteiger partial charge in [0, 0.05) is 15.6 Å². The summed E-state index contributed by atoms with van der Waals surface area (Å²) >= 11 is 8.39. The largest absolute Gasteiger partial charge is 0.496 e. The van der Waals surface area contributed by atoms with E-state index in [0.717, 1.165) is 10.0 Å². The average molecular weight is 816 g/mol. The lowest BCUT2D eigenvalue weighted by Gasteiger charge is -2.27. The molecule has 0 spiro atoms. The van der Waals surface area contributed by atoms with Gasteiger partial charge in [0.05, 0.1) is 52.7 Å². The second-order valence-electron chi connectivity index (χ2n) is 10.9. The quantitative estimate of drug-likeness (QED) is 0.141. The number of rotatable bonds is 10. The van der Waals surface area contributed by atoms with Crippen molar-refractivity contribution in [3.05, 3.63) is 147 Å². The van der Waals surface area contributed by atoms with Gasteiger partial charge in [-0.25, -0.2) is 9.79 Å². The molecule has 12 heteroatoms. The molecule has 6 rings (SSSR count). The molecule has 1 aromatic heterocycles. The van der Waals surface area contributed by atoms with Crippen molar-refractivity contribution < 1.29 is 23.7 Å². The van der Waals surface area contributed by atoms with Crippen LogP contribution < -0.4 is 29.1 Å². The normalized spacial score (nSPS) is 14.0. The Bertz CT molecular complexity index is 2350. The predicted octanol–water partition coefficient (Wildman–Crippen LogP) is 6.93. The molecule has 1 aliphatic heterocycles. The molecule has 0 fully saturated rings. The number of nitriles is 1. The fourth-order valence-corrected chi connectivity index (χ4v) is 7.55. The lowest BCUT2D eigenvalue weighted by molar-refractivity contribution is -0.138. The van der Waals surface area contributed by atoms with E-state index < -0.39 is 12.0 Å². The fourth-order valence-electron chi connectivity index (χ4n) is 5.60. The van der Waals surface area contributed by atoms with Crippen LogP contribution in [0.5, 0.6) is 17.2 Å². The van der Waals surface area contributed by atoms with Gasteiger partial charge in [-0.3, -0.25) is 9.36 Å². The van der Waals surface area contributed by atoms with Crippen LogP contribution in [0.25, 0.3) is 11.8 Å². The number of benzene rings is 4. The first-order chi connectivity index (χ1) is 24.3. The second-order valence-corrected chi connectivity index (χ2v) is 13.7. The molecular formula is C38H29Br2N3O6S. The van der Waals surface area contributed by atoms with Gasteiger partial charge in [0.25, 0.3) is 5.56 Å². The molecule has 0 amide bonds. The van der Waals surface area contributed by atoms with Crippen LogP contribution in [0, 0.1) is 11.3 Å². The zero-order valence-electron chi connectivity index (χ0n) is 27.1. The monoisotopic (exact) mass is 813 g/mol. The van der Waals surface area contributed by atoms with Gasteiger partial charge in [-0.15, -0.1) is 0 Å². The summed E-state index contributed by atoms with van der Waals surface area (Å²) in [5.74, 6) is 0.861. The number of hydrogen-bond acceptors (Lipinski definition) is 9. The summed E-state index contributed by atoms with van der Waals surface area (Å²) in [5, 5.41) is 9.09. The third-order valence-corrected chi connectivity index (χ3v) is 9.94. The van der Waals surface area contributed by atoms with E-state index in [0.29, 0.717) is 59.0 Å². The molecule has 0 N–H and O–H groups in total. The molecule has 0 radical (unpaired) electrons. The number of halogens is 2. The summed E-state index contributed by atoms with van der Waals surface area (Å²) in [6, 6.07) is 26.8. The standard InChI is InChI=1S/C38H29Br2N3O6S/c1-4-48-37(45)32-33(25-8-6-5-7-9-25)42-38-43(34(32)27-19-26(39)14-15-29(27)46-2)36(44)31(50-38)18-24-16-28(40)35(30(17-24)47-3)49-21-23-12-10-22(20-41)11-13-23/h5-19,34H,4,21H2,1-3H3/b31-18-/t34-/m1/s1. The smallest absolute Gasteiger partial charge is 0.338 e. The average Bonchev–Trinajstić information content (AvgIpc) is 3.44. The van der Waals surface area contributed by atoms with Crippen molar-refractivity contribution in [2.24, 2.45) is 4.99 Å². The third kappa shape index (κ3) is 7.03. The minimum atomic E-state index is -0.908. The highest BCUT2D eigenvalue weighted by Gasteiger charge is 2.37. The highest BCUT2D eigenvalue weighted by molar-refractivity contribution is 9.10. The number of nitrogens with zero attached hydrogens (tertiary/aromatic N) is 3. The molecule has 4 aromatic carbocycles. The van der Waals surface area contributed by atoms with Crippen molar-refractivity contribution in [3.63, 3.8) is 0 Å². The van der Waals surface area contributed by atoms with Crippen LogP contribution in [0.2, 0.25) is 0 Å². The Labute approximate surface area is 308 Å². The van der Waals surface area contributed by atoms with Crippen LogP contribution in [0.15, 0.2) is 109 Å². The molecule has 0 bridgehead atoms. The highest BCUT2D eigenvalue weighted by Crippen LogP contribution is 2.40. The first-order valence-electron chi connectivity index (χ1n) is 15.4. The van der Waals surface area contributed by atoms with Crippen molar-refractivity contribution >= 4 is 60.9 Å². The van der Waals surface area contributed by atoms with E-state index in [1.807, 2.05) is 60.7 Å². The summed E-state index contributed by atoms with van der Waals surface area (Å²) in [4.78, 5) is 33.6. The first kappa shape index (κ1) is 34.9. The maximum Gasteiger partial charge on any atom is 0.338 e. The Hall–Kier alpha value is -4.96. The Kier molecular flexibility index (Phi) is 10.7. The minimum Gasteiger partial charge on any atom is -0.496 e. The zero-order valence-corrected chi connectivity index (χ0v) is 31.1. The van der Waals surface area contributed by atoms with E-state index >= 15 is 0 Å². The van der Waals surface area contributed by atoms with Crippen molar-refractivity contribution in [2.75, 3.05) is 20.8 Å². The molecule has 0 aliphatic carbocycles. The van der Waals surface area contributed by atoms with E-state index in [4.69, 9.17) is 29.2 Å². The van der Waals surface area contributed by atoms with Gasteiger partial charge in [0.2, 0.25) is 0 Å². The maximum atomic E-state index is 14.4. The van der Waals surface area contributed by atoms with Gasteiger partial charge in [0.15, 0.2) is 16.3 Å². The van der Waals surface area contributed by atoms with Gasteiger partial charge in [-0.1, -0.05) is 69.7 Å². The predicted molar refractivity (Wildman–Crippen MR) is 198 cm³/mol.